The summed E-state index contributed by atoms with van der Waals surface area (Å²) in [4.78, 5) is 15.5. The molecule has 1 aliphatic rings. The van der Waals surface area contributed by atoms with E-state index >= 15 is 0 Å². The molecule has 15 heavy (non-hydrogen) atoms. The maximum atomic E-state index is 11.7. The average Bonchev–Trinajstić information content (AvgIpc) is 2.88. The third-order valence-corrected chi connectivity index (χ3v) is 2.85. The fraction of sp³-hybridized carbons (Fsp3) is 0.400. The van der Waals surface area contributed by atoms with Gasteiger partial charge >= 0.3 is 0 Å². The van der Waals surface area contributed by atoms with Gasteiger partial charge in [-0.2, -0.15) is 0 Å². The van der Waals surface area contributed by atoms with Gasteiger partial charge in [0.15, 0.2) is 0 Å². The summed E-state index contributed by atoms with van der Waals surface area (Å²) in [6.07, 6.45) is 3.48. The van der Waals surface area contributed by atoms with E-state index in [9.17, 15) is 4.79 Å². The van der Waals surface area contributed by atoms with Crippen LogP contribution in [0.3, 0.4) is 0 Å². The number of nitrogen functional groups attached to an aromatic ring is 1. The van der Waals surface area contributed by atoms with Crippen LogP contribution in [-0.4, -0.2) is 16.4 Å². The first-order valence-corrected chi connectivity index (χ1v) is 5.11. The Balaban J connectivity index is 2.15. The van der Waals surface area contributed by atoms with Gasteiger partial charge in [-0.1, -0.05) is 11.6 Å². The van der Waals surface area contributed by atoms with Gasteiger partial charge in [0.2, 0.25) is 0 Å². The number of halogens is 1. The molecule has 1 amide bonds. The molecule has 3 N–H and O–H groups in total. The van der Waals surface area contributed by atoms with E-state index in [0.29, 0.717) is 10.6 Å². The molecule has 80 valence electrons. The Morgan fingerprint density at radius 1 is 1.67 bits per heavy atom. The number of carbonyl (C=O) groups is 1. The van der Waals surface area contributed by atoms with Crippen molar-refractivity contribution in [3.63, 3.8) is 0 Å². The van der Waals surface area contributed by atoms with Crippen molar-refractivity contribution in [2.24, 2.45) is 0 Å². The highest BCUT2D eigenvalue weighted by Gasteiger charge is 2.38. The molecule has 0 bridgehead atoms. The van der Waals surface area contributed by atoms with Crippen molar-refractivity contribution >= 4 is 23.3 Å². The molecular weight excluding hydrogens is 214 g/mol. The number of rotatable bonds is 2. The summed E-state index contributed by atoms with van der Waals surface area (Å²) >= 11 is 5.78. The summed E-state index contributed by atoms with van der Waals surface area (Å²) in [6, 6.07) is 1.53. The number of anilines is 1. The zero-order valence-corrected chi connectivity index (χ0v) is 9.14. The number of carbonyl (C=O) groups excluding carboxylic acids is 1. The predicted octanol–water partition coefficient (Wildman–Crippen LogP) is 1.60. The van der Waals surface area contributed by atoms with Crippen molar-refractivity contribution in [3.05, 3.63) is 22.8 Å². The Morgan fingerprint density at radius 3 is 2.87 bits per heavy atom. The van der Waals surface area contributed by atoms with Gasteiger partial charge in [0.1, 0.15) is 5.82 Å². The fourth-order valence-electron chi connectivity index (χ4n) is 1.23. The Morgan fingerprint density at radius 2 is 2.33 bits per heavy atom. The Kier molecular flexibility index (Phi) is 2.31. The minimum Gasteiger partial charge on any atom is -0.382 e. The molecule has 1 fully saturated rings. The van der Waals surface area contributed by atoms with E-state index in [1.165, 1.54) is 12.3 Å². The summed E-state index contributed by atoms with van der Waals surface area (Å²) in [5.41, 5.74) is 5.86. The van der Waals surface area contributed by atoms with E-state index in [2.05, 4.69) is 10.3 Å². The van der Waals surface area contributed by atoms with Crippen molar-refractivity contribution in [3.8, 4) is 0 Å². The van der Waals surface area contributed by atoms with Crippen LogP contribution in [0.1, 0.15) is 30.1 Å². The third-order valence-electron chi connectivity index (χ3n) is 2.55. The van der Waals surface area contributed by atoms with Gasteiger partial charge in [-0.3, -0.25) is 4.79 Å². The SMILES string of the molecule is CC1(NC(=O)c2cnc(N)c(Cl)c2)CC1. The molecule has 0 saturated heterocycles. The van der Waals surface area contributed by atoms with E-state index in [-0.39, 0.29) is 17.3 Å². The number of nitrogens with two attached hydrogens (primary N) is 1. The topological polar surface area (TPSA) is 68.0 Å². The van der Waals surface area contributed by atoms with E-state index in [0.717, 1.165) is 12.8 Å². The monoisotopic (exact) mass is 225 g/mol. The molecule has 5 heteroatoms. The number of hydrogen-bond acceptors (Lipinski definition) is 3. The maximum Gasteiger partial charge on any atom is 0.253 e. The van der Waals surface area contributed by atoms with E-state index in [4.69, 9.17) is 17.3 Å². The van der Waals surface area contributed by atoms with Crippen LogP contribution in [0.2, 0.25) is 5.02 Å². The molecule has 0 spiro atoms. The van der Waals surface area contributed by atoms with Crippen LogP contribution in [0.5, 0.6) is 0 Å². The van der Waals surface area contributed by atoms with Crippen LogP contribution in [0, 0.1) is 0 Å². The van der Waals surface area contributed by atoms with Crippen molar-refractivity contribution in [1.29, 1.82) is 0 Å². The zero-order valence-electron chi connectivity index (χ0n) is 8.38. The summed E-state index contributed by atoms with van der Waals surface area (Å²) < 4.78 is 0. The minimum atomic E-state index is -0.149. The molecule has 0 aromatic carbocycles. The molecule has 1 aliphatic carbocycles. The van der Waals surface area contributed by atoms with Crippen molar-refractivity contribution in [1.82, 2.24) is 10.3 Å². The normalized spacial score (nSPS) is 17.2. The predicted molar refractivity (Wildman–Crippen MR) is 58.8 cm³/mol. The van der Waals surface area contributed by atoms with Gasteiger partial charge < -0.3 is 11.1 Å². The first kappa shape index (κ1) is 10.2. The van der Waals surface area contributed by atoms with Crippen LogP contribution in [0.4, 0.5) is 5.82 Å². The van der Waals surface area contributed by atoms with Gasteiger partial charge in [-0.15, -0.1) is 0 Å². The van der Waals surface area contributed by atoms with Crippen LogP contribution >= 0.6 is 11.6 Å². The van der Waals surface area contributed by atoms with Crippen LogP contribution < -0.4 is 11.1 Å². The van der Waals surface area contributed by atoms with Crippen molar-refractivity contribution in [2.75, 3.05) is 5.73 Å². The Labute approximate surface area is 92.8 Å². The quantitative estimate of drug-likeness (QED) is 0.804. The molecule has 0 radical (unpaired) electrons. The zero-order chi connectivity index (χ0) is 11.1. The molecule has 0 atom stereocenters. The minimum absolute atomic E-state index is 0.0368. The van der Waals surface area contributed by atoms with E-state index in [1.54, 1.807) is 0 Å². The molecule has 0 unspecified atom stereocenters. The summed E-state index contributed by atoms with van der Waals surface area (Å²) in [7, 11) is 0. The van der Waals surface area contributed by atoms with Crippen LogP contribution in [0.25, 0.3) is 0 Å². The van der Waals surface area contributed by atoms with E-state index in [1.807, 2.05) is 6.92 Å². The highest BCUT2D eigenvalue weighted by atomic mass is 35.5. The van der Waals surface area contributed by atoms with Gasteiger partial charge in [0.25, 0.3) is 5.91 Å². The molecule has 4 nitrogen and oxygen atoms in total. The fourth-order valence-corrected chi connectivity index (χ4v) is 1.40. The van der Waals surface area contributed by atoms with Crippen LogP contribution in [-0.2, 0) is 0 Å². The first-order valence-electron chi connectivity index (χ1n) is 4.74. The average molecular weight is 226 g/mol. The highest BCUT2D eigenvalue weighted by Crippen LogP contribution is 2.34. The number of nitrogens with zero attached hydrogens (tertiary/aromatic N) is 1. The molecule has 1 aromatic rings. The van der Waals surface area contributed by atoms with Crippen LogP contribution in [0.15, 0.2) is 12.3 Å². The van der Waals surface area contributed by atoms with Gasteiger partial charge in [-0.05, 0) is 25.8 Å². The highest BCUT2D eigenvalue weighted by molar-refractivity contribution is 6.33. The van der Waals surface area contributed by atoms with Crippen molar-refractivity contribution in [2.45, 2.75) is 25.3 Å². The molecular formula is C10H12ClN3O. The second-order valence-electron chi connectivity index (χ2n) is 4.11. The molecule has 1 heterocycles. The van der Waals surface area contributed by atoms with Crippen molar-refractivity contribution < 1.29 is 4.79 Å². The lowest BCUT2D eigenvalue weighted by Gasteiger charge is -2.11. The van der Waals surface area contributed by atoms with Gasteiger partial charge in [0.05, 0.1) is 10.6 Å². The first-order chi connectivity index (χ1) is 7.00. The summed E-state index contributed by atoms with van der Waals surface area (Å²) in [5.74, 6) is 0.0928. The second kappa shape index (κ2) is 3.38. The van der Waals surface area contributed by atoms with Gasteiger partial charge in [-0.25, -0.2) is 4.98 Å². The summed E-state index contributed by atoms with van der Waals surface area (Å²) in [6.45, 7) is 2.01. The van der Waals surface area contributed by atoms with Gasteiger partial charge in [0, 0.05) is 11.7 Å². The Hall–Kier alpha value is -1.29. The number of nitrogens with one attached hydrogen (secondary N) is 1. The largest absolute Gasteiger partial charge is 0.382 e. The van der Waals surface area contributed by atoms with E-state index < -0.39 is 0 Å². The third kappa shape index (κ3) is 2.21. The molecule has 0 aliphatic heterocycles. The molecule has 2 rings (SSSR count). The second-order valence-corrected chi connectivity index (χ2v) is 4.51. The lowest BCUT2D eigenvalue weighted by Crippen LogP contribution is -2.34. The number of pyridine rings is 1. The Bertz CT molecular complexity index is 415. The molecule has 1 saturated carbocycles. The number of aromatic nitrogens is 1. The lowest BCUT2D eigenvalue weighted by atomic mass is 10.2. The smallest absolute Gasteiger partial charge is 0.253 e. The maximum absolute atomic E-state index is 11.7. The number of hydrogen-bond donors (Lipinski definition) is 2. The number of amides is 1. The summed E-state index contributed by atoms with van der Waals surface area (Å²) in [5, 5.41) is 3.22. The molecule has 1 aromatic heterocycles. The lowest BCUT2D eigenvalue weighted by molar-refractivity contribution is 0.0935. The standard InChI is InChI=1S/C10H12ClN3O/c1-10(2-3-10)14-9(15)6-4-7(11)8(12)13-5-6/h4-5H,2-3H2,1H3,(H2,12,13)(H,14,15).